The molecule has 0 aromatic carbocycles. The first-order valence-electron chi connectivity index (χ1n) is 9.90. The standard InChI is InChI=1S/C18H29F3N4O2/c19-18(20,21)15-4-3-7-25(12-15)17(27)14-23-10-8-22(9-11-23)13-16(26)24-5-1-2-6-24/h15H,1-14H2. The Labute approximate surface area is 158 Å². The number of likely N-dealkylation sites (tertiary alicyclic amines) is 2. The number of piperidine rings is 1. The molecule has 0 saturated carbocycles. The van der Waals surface area contributed by atoms with Gasteiger partial charge in [0.2, 0.25) is 11.8 Å². The second-order valence-corrected chi connectivity index (χ2v) is 7.86. The van der Waals surface area contributed by atoms with Gasteiger partial charge in [-0.05, 0) is 25.7 Å². The van der Waals surface area contributed by atoms with Crippen molar-refractivity contribution in [3.05, 3.63) is 0 Å². The van der Waals surface area contributed by atoms with E-state index in [1.807, 2.05) is 9.80 Å². The molecule has 1 unspecified atom stereocenters. The van der Waals surface area contributed by atoms with Crippen molar-refractivity contribution in [3.63, 3.8) is 0 Å². The van der Waals surface area contributed by atoms with Crippen molar-refractivity contribution in [3.8, 4) is 0 Å². The lowest BCUT2D eigenvalue weighted by molar-refractivity contribution is -0.188. The molecule has 0 N–H and O–H groups in total. The van der Waals surface area contributed by atoms with Gasteiger partial charge < -0.3 is 9.80 Å². The van der Waals surface area contributed by atoms with Gasteiger partial charge in [0.05, 0.1) is 19.0 Å². The third-order valence-corrected chi connectivity index (χ3v) is 5.88. The molecule has 0 bridgehead atoms. The van der Waals surface area contributed by atoms with Gasteiger partial charge >= 0.3 is 6.18 Å². The zero-order valence-electron chi connectivity index (χ0n) is 15.7. The van der Waals surface area contributed by atoms with Crippen molar-refractivity contribution in [1.29, 1.82) is 0 Å². The van der Waals surface area contributed by atoms with E-state index in [0.717, 1.165) is 25.9 Å². The van der Waals surface area contributed by atoms with E-state index in [1.54, 1.807) is 0 Å². The highest BCUT2D eigenvalue weighted by molar-refractivity contribution is 5.79. The normalized spacial score (nSPS) is 25.8. The zero-order chi connectivity index (χ0) is 19.4. The van der Waals surface area contributed by atoms with Crippen LogP contribution in [0.2, 0.25) is 0 Å². The minimum atomic E-state index is -4.23. The molecule has 154 valence electrons. The number of piperazine rings is 1. The Morgan fingerprint density at radius 1 is 0.741 bits per heavy atom. The molecule has 3 aliphatic heterocycles. The molecule has 0 spiro atoms. The minimum absolute atomic E-state index is 0.108. The second-order valence-electron chi connectivity index (χ2n) is 7.86. The Kier molecular flexibility index (Phi) is 6.62. The van der Waals surface area contributed by atoms with E-state index in [1.165, 1.54) is 4.90 Å². The summed E-state index contributed by atoms with van der Waals surface area (Å²) in [6, 6.07) is 0. The summed E-state index contributed by atoms with van der Waals surface area (Å²) in [5.41, 5.74) is 0. The van der Waals surface area contributed by atoms with Crippen LogP contribution < -0.4 is 0 Å². The number of nitrogens with zero attached hydrogens (tertiary/aromatic N) is 4. The van der Waals surface area contributed by atoms with Crippen molar-refractivity contribution in [1.82, 2.24) is 19.6 Å². The second kappa shape index (κ2) is 8.77. The molecule has 0 aliphatic carbocycles. The first-order chi connectivity index (χ1) is 12.8. The number of alkyl halides is 3. The third-order valence-electron chi connectivity index (χ3n) is 5.88. The number of rotatable bonds is 4. The average molecular weight is 390 g/mol. The van der Waals surface area contributed by atoms with E-state index < -0.39 is 12.1 Å². The molecule has 3 saturated heterocycles. The molecule has 3 heterocycles. The maximum absolute atomic E-state index is 12.9. The van der Waals surface area contributed by atoms with Crippen LogP contribution in [0.4, 0.5) is 13.2 Å². The smallest absolute Gasteiger partial charge is 0.342 e. The van der Waals surface area contributed by atoms with E-state index in [9.17, 15) is 22.8 Å². The fourth-order valence-electron chi connectivity index (χ4n) is 4.13. The summed E-state index contributed by atoms with van der Waals surface area (Å²) in [6.07, 6.45) is -1.56. The molecule has 0 aromatic heterocycles. The number of hydrogen-bond donors (Lipinski definition) is 0. The molecule has 9 heteroatoms. The van der Waals surface area contributed by atoms with Gasteiger partial charge in [0.1, 0.15) is 0 Å². The molecule has 2 amide bonds. The van der Waals surface area contributed by atoms with Gasteiger partial charge in [-0.15, -0.1) is 0 Å². The fraction of sp³-hybridized carbons (Fsp3) is 0.889. The van der Waals surface area contributed by atoms with Crippen molar-refractivity contribution in [2.24, 2.45) is 5.92 Å². The lowest BCUT2D eigenvalue weighted by Crippen LogP contribution is -2.53. The van der Waals surface area contributed by atoms with Gasteiger partial charge in [-0.1, -0.05) is 0 Å². The van der Waals surface area contributed by atoms with Crippen molar-refractivity contribution < 1.29 is 22.8 Å². The van der Waals surface area contributed by atoms with Crippen LogP contribution in [0, 0.1) is 5.92 Å². The Hall–Kier alpha value is -1.35. The fourth-order valence-corrected chi connectivity index (χ4v) is 4.13. The van der Waals surface area contributed by atoms with E-state index in [2.05, 4.69) is 4.90 Å². The molecule has 3 rings (SSSR count). The van der Waals surface area contributed by atoms with Gasteiger partial charge in [-0.2, -0.15) is 13.2 Å². The Balaban J connectivity index is 1.39. The maximum Gasteiger partial charge on any atom is 0.393 e. The molecule has 3 fully saturated rings. The van der Waals surface area contributed by atoms with E-state index in [-0.39, 0.29) is 31.3 Å². The van der Waals surface area contributed by atoms with Crippen LogP contribution >= 0.6 is 0 Å². The van der Waals surface area contributed by atoms with Crippen LogP contribution in [0.1, 0.15) is 25.7 Å². The number of amides is 2. The molecular formula is C18H29F3N4O2. The number of halogens is 3. The quantitative estimate of drug-likeness (QED) is 0.720. The predicted molar refractivity (Wildman–Crippen MR) is 94.1 cm³/mol. The van der Waals surface area contributed by atoms with Crippen LogP contribution in [0.5, 0.6) is 0 Å². The summed E-state index contributed by atoms with van der Waals surface area (Å²) in [6.45, 7) is 5.22. The summed E-state index contributed by atoms with van der Waals surface area (Å²) >= 11 is 0. The Morgan fingerprint density at radius 3 is 1.74 bits per heavy atom. The molecule has 27 heavy (non-hydrogen) atoms. The summed E-state index contributed by atoms with van der Waals surface area (Å²) in [4.78, 5) is 32.0. The first kappa shape index (κ1) is 20.4. The van der Waals surface area contributed by atoms with Gasteiger partial charge in [0.15, 0.2) is 0 Å². The van der Waals surface area contributed by atoms with Crippen LogP contribution in [-0.2, 0) is 9.59 Å². The average Bonchev–Trinajstić information content (AvgIpc) is 3.17. The van der Waals surface area contributed by atoms with Crippen LogP contribution in [-0.4, -0.2) is 103 Å². The molecule has 3 aliphatic rings. The largest absolute Gasteiger partial charge is 0.393 e. The zero-order valence-corrected chi connectivity index (χ0v) is 15.7. The Bertz CT molecular complexity index is 529. The highest BCUT2D eigenvalue weighted by Crippen LogP contribution is 2.33. The first-order valence-corrected chi connectivity index (χ1v) is 9.90. The van der Waals surface area contributed by atoms with Crippen LogP contribution in [0.3, 0.4) is 0 Å². The molecule has 1 atom stereocenters. The predicted octanol–water partition coefficient (Wildman–Crippen LogP) is 1.03. The monoisotopic (exact) mass is 390 g/mol. The van der Waals surface area contributed by atoms with Crippen molar-refractivity contribution in [2.75, 3.05) is 65.4 Å². The summed E-state index contributed by atoms with van der Waals surface area (Å²) < 4.78 is 38.7. The van der Waals surface area contributed by atoms with Gasteiger partial charge in [-0.25, -0.2) is 0 Å². The van der Waals surface area contributed by atoms with Crippen molar-refractivity contribution in [2.45, 2.75) is 31.9 Å². The number of carbonyl (C=O) groups is 2. The molecule has 0 aromatic rings. The summed E-state index contributed by atoms with van der Waals surface area (Å²) in [7, 11) is 0. The summed E-state index contributed by atoms with van der Waals surface area (Å²) in [5, 5.41) is 0. The number of carbonyl (C=O) groups excluding carboxylic acids is 2. The van der Waals surface area contributed by atoms with Gasteiger partial charge in [-0.3, -0.25) is 19.4 Å². The highest BCUT2D eigenvalue weighted by Gasteiger charge is 2.42. The maximum atomic E-state index is 12.9. The molecule has 6 nitrogen and oxygen atoms in total. The molecular weight excluding hydrogens is 361 g/mol. The number of hydrogen-bond acceptors (Lipinski definition) is 4. The lowest BCUT2D eigenvalue weighted by atomic mass is 9.97. The SMILES string of the molecule is O=C(CN1CCN(CC(=O)N2CCCC(C(F)(F)F)C2)CC1)N1CCCC1. The lowest BCUT2D eigenvalue weighted by Gasteiger charge is -2.37. The highest BCUT2D eigenvalue weighted by atomic mass is 19.4. The third kappa shape index (κ3) is 5.57. The summed E-state index contributed by atoms with van der Waals surface area (Å²) in [5.74, 6) is -1.45. The van der Waals surface area contributed by atoms with E-state index in [0.29, 0.717) is 45.7 Å². The van der Waals surface area contributed by atoms with Crippen LogP contribution in [0.25, 0.3) is 0 Å². The van der Waals surface area contributed by atoms with Crippen LogP contribution in [0.15, 0.2) is 0 Å². The van der Waals surface area contributed by atoms with E-state index >= 15 is 0 Å². The Morgan fingerprint density at radius 2 is 1.22 bits per heavy atom. The topological polar surface area (TPSA) is 47.1 Å². The molecule has 0 radical (unpaired) electrons. The van der Waals surface area contributed by atoms with E-state index in [4.69, 9.17) is 0 Å². The minimum Gasteiger partial charge on any atom is -0.342 e. The van der Waals surface area contributed by atoms with Gasteiger partial charge in [0.25, 0.3) is 0 Å². The van der Waals surface area contributed by atoms with Gasteiger partial charge in [0, 0.05) is 52.4 Å². The van der Waals surface area contributed by atoms with Crippen molar-refractivity contribution >= 4 is 11.8 Å².